The highest BCUT2D eigenvalue weighted by molar-refractivity contribution is 7.09. The number of nitrogens with zero attached hydrogens (tertiary/aromatic N) is 3. The second kappa shape index (κ2) is 8.64. The molecule has 0 radical (unpaired) electrons. The normalized spacial score (nSPS) is 16.8. The highest BCUT2D eigenvalue weighted by Crippen LogP contribution is 2.12. The second-order valence-corrected chi connectivity index (χ2v) is 7.85. The summed E-state index contributed by atoms with van der Waals surface area (Å²) in [6, 6.07) is 4.12. The molecular weight excluding hydrogens is 366 g/mol. The summed E-state index contributed by atoms with van der Waals surface area (Å²) in [4.78, 5) is 39.9. The molecule has 0 aromatic carbocycles. The number of carbonyl (C=O) groups is 1. The first-order chi connectivity index (χ1) is 13.0. The Bertz CT molecular complexity index is 897. The van der Waals surface area contributed by atoms with Crippen molar-refractivity contribution in [2.45, 2.75) is 25.6 Å². The van der Waals surface area contributed by atoms with Gasteiger partial charge >= 0.3 is 5.69 Å². The van der Waals surface area contributed by atoms with Crippen LogP contribution in [0.3, 0.4) is 0 Å². The van der Waals surface area contributed by atoms with E-state index in [0.29, 0.717) is 18.7 Å². The largest absolute Gasteiger partial charge is 0.350 e. The molecule has 9 heteroatoms. The van der Waals surface area contributed by atoms with Gasteiger partial charge < -0.3 is 15.2 Å². The summed E-state index contributed by atoms with van der Waals surface area (Å²) in [6.07, 6.45) is 2.49. The van der Waals surface area contributed by atoms with Gasteiger partial charge in [0.1, 0.15) is 0 Å². The number of hydrogen-bond acceptors (Lipinski definition) is 6. The number of carbonyl (C=O) groups excluding carboxylic acids is 1. The molecule has 1 saturated heterocycles. The first kappa shape index (κ1) is 19.5. The van der Waals surface area contributed by atoms with Gasteiger partial charge in [0.15, 0.2) is 0 Å². The predicted molar refractivity (Wildman–Crippen MR) is 105 cm³/mol. The van der Waals surface area contributed by atoms with Gasteiger partial charge in [-0.05, 0) is 24.4 Å². The van der Waals surface area contributed by atoms with Gasteiger partial charge in [-0.1, -0.05) is 6.07 Å². The number of hydrogen-bond donors (Lipinski definition) is 2. The van der Waals surface area contributed by atoms with E-state index in [4.69, 9.17) is 0 Å². The number of nitrogens with one attached hydrogen (secondary N) is 2. The molecule has 1 fully saturated rings. The van der Waals surface area contributed by atoms with Crippen LogP contribution in [0.2, 0.25) is 0 Å². The molecule has 0 aliphatic carbocycles. The van der Waals surface area contributed by atoms with Gasteiger partial charge in [0.05, 0.1) is 13.1 Å². The minimum Gasteiger partial charge on any atom is -0.350 e. The van der Waals surface area contributed by atoms with Crippen molar-refractivity contribution in [2.75, 3.05) is 19.6 Å². The maximum absolute atomic E-state index is 12.5. The molecule has 2 aromatic rings. The fourth-order valence-electron chi connectivity index (χ4n) is 3.31. The van der Waals surface area contributed by atoms with Crippen molar-refractivity contribution in [3.63, 3.8) is 0 Å². The fourth-order valence-corrected chi connectivity index (χ4v) is 3.96. The maximum Gasteiger partial charge on any atom is 0.330 e. The SMILES string of the molecule is Cn1cc(CN(CC(=O)NCc2cccs2)C2CCNC2)c(=O)n(C)c1=O. The molecule has 3 rings (SSSR count). The third-order valence-corrected chi connectivity index (χ3v) is 5.70. The quantitative estimate of drug-likeness (QED) is 0.672. The Morgan fingerprint density at radius 2 is 2.22 bits per heavy atom. The van der Waals surface area contributed by atoms with Gasteiger partial charge in [0.25, 0.3) is 5.56 Å². The predicted octanol–water partition coefficient (Wildman–Crippen LogP) is -0.374. The molecule has 0 saturated carbocycles. The molecule has 3 heterocycles. The summed E-state index contributed by atoms with van der Waals surface area (Å²) in [6.45, 7) is 2.73. The number of amides is 1. The van der Waals surface area contributed by atoms with Crippen LogP contribution in [0.1, 0.15) is 16.9 Å². The minimum absolute atomic E-state index is 0.0723. The molecule has 146 valence electrons. The highest BCUT2D eigenvalue weighted by atomic mass is 32.1. The molecule has 2 aromatic heterocycles. The van der Waals surface area contributed by atoms with Crippen LogP contribution in [-0.2, 0) is 32.0 Å². The second-order valence-electron chi connectivity index (χ2n) is 6.82. The van der Waals surface area contributed by atoms with Gasteiger partial charge in [0, 0.05) is 49.9 Å². The van der Waals surface area contributed by atoms with Crippen molar-refractivity contribution in [2.24, 2.45) is 14.1 Å². The van der Waals surface area contributed by atoms with Crippen LogP contribution in [-0.4, -0.2) is 45.6 Å². The van der Waals surface area contributed by atoms with Gasteiger partial charge in [-0.25, -0.2) is 4.79 Å². The summed E-state index contributed by atoms with van der Waals surface area (Å²) in [5.74, 6) is -0.0723. The maximum atomic E-state index is 12.5. The average molecular weight is 391 g/mol. The summed E-state index contributed by atoms with van der Waals surface area (Å²) in [5.41, 5.74) is -0.155. The molecule has 0 spiro atoms. The van der Waals surface area contributed by atoms with Crippen LogP contribution < -0.4 is 21.9 Å². The Morgan fingerprint density at radius 3 is 2.89 bits per heavy atom. The van der Waals surface area contributed by atoms with Gasteiger partial charge in [-0.15, -0.1) is 11.3 Å². The Balaban J connectivity index is 1.73. The summed E-state index contributed by atoms with van der Waals surface area (Å²) in [7, 11) is 3.10. The zero-order chi connectivity index (χ0) is 19.4. The van der Waals surface area contributed by atoms with E-state index in [-0.39, 0.29) is 29.7 Å². The summed E-state index contributed by atoms with van der Waals surface area (Å²) in [5, 5.41) is 8.22. The summed E-state index contributed by atoms with van der Waals surface area (Å²) < 4.78 is 2.51. The monoisotopic (exact) mass is 391 g/mol. The van der Waals surface area contributed by atoms with Crippen LogP contribution in [0.15, 0.2) is 33.3 Å². The number of aryl methyl sites for hydroxylation is 1. The lowest BCUT2D eigenvalue weighted by Gasteiger charge is -2.27. The van der Waals surface area contributed by atoms with Crippen LogP contribution in [0.4, 0.5) is 0 Å². The molecule has 1 aliphatic heterocycles. The van der Waals surface area contributed by atoms with E-state index in [1.54, 1.807) is 24.6 Å². The third-order valence-electron chi connectivity index (χ3n) is 4.83. The standard InChI is InChI=1S/C18H25N5O3S/c1-21-10-13(17(25)22(2)18(21)26)11-23(14-5-6-19-8-14)12-16(24)20-9-15-4-3-7-27-15/h3-4,7,10,14,19H,5-6,8-9,11-12H2,1-2H3,(H,20,24). The topological polar surface area (TPSA) is 88.4 Å². The summed E-state index contributed by atoms with van der Waals surface area (Å²) >= 11 is 1.60. The van der Waals surface area contributed by atoms with Crippen molar-refractivity contribution in [3.05, 3.63) is 55.0 Å². The lowest BCUT2D eigenvalue weighted by atomic mass is 10.2. The lowest BCUT2D eigenvalue weighted by molar-refractivity contribution is -0.123. The number of aromatic nitrogens is 2. The van der Waals surface area contributed by atoms with Crippen LogP contribution >= 0.6 is 11.3 Å². The first-order valence-electron chi connectivity index (χ1n) is 8.95. The van der Waals surface area contributed by atoms with Crippen molar-refractivity contribution in [1.29, 1.82) is 0 Å². The first-order valence-corrected chi connectivity index (χ1v) is 9.83. The molecule has 0 bridgehead atoms. The van der Waals surface area contributed by atoms with Crippen molar-refractivity contribution in [1.82, 2.24) is 24.7 Å². The molecule has 2 N–H and O–H groups in total. The van der Waals surface area contributed by atoms with Crippen LogP contribution in [0, 0.1) is 0 Å². The van der Waals surface area contributed by atoms with Gasteiger partial charge in [-0.2, -0.15) is 0 Å². The average Bonchev–Trinajstić information content (AvgIpc) is 3.35. The van der Waals surface area contributed by atoms with E-state index in [0.717, 1.165) is 29.0 Å². The van der Waals surface area contributed by atoms with E-state index in [1.807, 2.05) is 22.4 Å². The van der Waals surface area contributed by atoms with E-state index >= 15 is 0 Å². The Labute approximate surface area is 161 Å². The molecule has 1 amide bonds. The Morgan fingerprint density at radius 1 is 1.41 bits per heavy atom. The van der Waals surface area contributed by atoms with Crippen molar-refractivity contribution in [3.8, 4) is 0 Å². The molecule has 1 unspecified atom stereocenters. The molecule has 1 aliphatic rings. The zero-order valence-electron chi connectivity index (χ0n) is 15.6. The smallest absolute Gasteiger partial charge is 0.330 e. The molecule has 8 nitrogen and oxygen atoms in total. The van der Waals surface area contributed by atoms with Crippen molar-refractivity contribution >= 4 is 17.2 Å². The van der Waals surface area contributed by atoms with Gasteiger partial charge in [0.2, 0.25) is 5.91 Å². The fraction of sp³-hybridized carbons (Fsp3) is 0.500. The van der Waals surface area contributed by atoms with Crippen LogP contribution in [0.5, 0.6) is 0 Å². The third kappa shape index (κ3) is 4.74. The Hall–Kier alpha value is -2.23. The van der Waals surface area contributed by atoms with Crippen LogP contribution in [0.25, 0.3) is 0 Å². The molecule has 27 heavy (non-hydrogen) atoms. The van der Waals surface area contributed by atoms with E-state index in [9.17, 15) is 14.4 Å². The van der Waals surface area contributed by atoms with Gasteiger partial charge in [-0.3, -0.25) is 19.1 Å². The lowest BCUT2D eigenvalue weighted by Crippen LogP contribution is -2.46. The van der Waals surface area contributed by atoms with E-state index in [2.05, 4.69) is 10.6 Å². The Kier molecular flexibility index (Phi) is 6.25. The number of rotatable bonds is 7. The van der Waals surface area contributed by atoms with E-state index < -0.39 is 0 Å². The van der Waals surface area contributed by atoms with E-state index in [1.165, 1.54) is 11.6 Å². The zero-order valence-corrected chi connectivity index (χ0v) is 16.4. The minimum atomic E-state index is -0.355. The number of thiophene rings is 1. The van der Waals surface area contributed by atoms with Crippen molar-refractivity contribution < 1.29 is 4.79 Å². The highest BCUT2D eigenvalue weighted by Gasteiger charge is 2.25. The molecular formula is C18H25N5O3S. The molecule has 1 atom stereocenters.